The van der Waals surface area contributed by atoms with Crippen LogP contribution < -0.4 is 21.3 Å². The first-order chi connectivity index (χ1) is 24.2. The first-order valence-electron chi connectivity index (χ1n) is 16.8. The molecule has 1 aliphatic heterocycles. The average molecular weight is 681 g/mol. The summed E-state index contributed by atoms with van der Waals surface area (Å²) in [6.45, 7) is 1.56. The van der Waals surface area contributed by atoms with Crippen molar-refractivity contribution in [1.29, 1.82) is 0 Å². The van der Waals surface area contributed by atoms with Gasteiger partial charge in [0.2, 0.25) is 23.5 Å². The van der Waals surface area contributed by atoms with Gasteiger partial charge in [0, 0.05) is 27.2 Å². The monoisotopic (exact) mass is 680 g/mol. The van der Waals surface area contributed by atoms with E-state index in [0.717, 1.165) is 40.7 Å². The number of nitrogens with one attached hydrogen (secondary N) is 4. The van der Waals surface area contributed by atoms with Gasteiger partial charge < -0.3 is 26.0 Å². The minimum Gasteiger partial charge on any atom is -0.388 e. The van der Waals surface area contributed by atoms with Gasteiger partial charge in [0.05, 0.1) is 13.1 Å². The Kier molecular flexibility index (Phi) is 16.9. The molecule has 0 spiro atoms. The van der Waals surface area contributed by atoms with Crippen LogP contribution >= 0.6 is 0 Å². The fourth-order valence-electron chi connectivity index (χ4n) is 5.15. The number of fused-ring (bicyclic) bond motifs is 5. The zero-order valence-electron chi connectivity index (χ0n) is 29.1. The van der Waals surface area contributed by atoms with Crippen LogP contribution in [0, 0.1) is 6.92 Å². The fourth-order valence-corrected chi connectivity index (χ4v) is 5.15. The van der Waals surface area contributed by atoms with Crippen LogP contribution in [0.4, 0.5) is 0 Å². The molecule has 1 heterocycles. The highest BCUT2D eigenvalue weighted by Crippen LogP contribution is 2.23. The number of allylic oxidation sites excluding steroid dienone is 2. The molecule has 0 saturated carbocycles. The van der Waals surface area contributed by atoms with E-state index < -0.39 is 36.1 Å². The Balaban J connectivity index is 0.000000586. The second-order valence-corrected chi connectivity index (χ2v) is 12.0. The van der Waals surface area contributed by atoms with Gasteiger partial charge in [-0.3, -0.25) is 24.0 Å². The summed E-state index contributed by atoms with van der Waals surface area (Å²) in [6.07, 6.45) is 9.25. The maximum atomic E-state index is 13.0. The van der Waals surface area contributed by atoms with Crippen LogP contribution in [0.3, 0.4) is 0 Å². The molecule has 1 aliphatic carbocycles. The van der Waals surface area contributed by atoms with Gasteiger partial charge >= 0.3 is 0 Å². The summed E-state index contributed by atoms with van der Waals surface area (Å²) in [5.74, 6) is -2.94. The topological polar surface area (TPSA) is 143 Å². The molecule has 4 N–H and O–H groups in total. The first-order valence-corrected chi connectivity index (χ1v) is 16.8. The molecule has 1 atom stereocenters. The van der Waals surface area contributed by atoms with Crippen LogP contribution in [-0.2, 0) is 41.6 Å². The number of hydrogen-bond donors (Lipinski definition) is 4. The second kappa shape index (κ2) is 21.6. The number of carbonyl (C=O) groups excluding carboxylic acids is 5. The fraction of sp³-hybridized carbons (Fsp3) is 0.325. The van der Waals surface area contributed by atoms with E-state index in [-0.39, 0.29) is 31.8 Å². The molecule has 50 heavy (non-hydrogen) atoms. The van der Waals surface area contributed by atoms with E-state index >= 15 is 0 Å². The molecule has 3 aromatic rings. The summed E-state index contributed by atoms with van der Waals surface area (Å²) in [6, 6.07) is 25.2. The zero-order valence-corrected chi connectivity index (χ0v) is 29.1. The van der Waals surface area contributed by atoms with Crippen molar-refractivity contribution >= 4 is 29.4 Å². The molecule has 0 fully saturated rings. The van der Waals surface area contributed by atoms with Gasteiger partial charge in [-0.2, -0.15) is 0 Å². The molecule has 10 heteroatoms. The Morgan fingerprint density at radius 3 is 2.06 bits per heavy atom. The number of ketones is 1. The van der Waals surface area contributed by atoms with Crippen molar-refractivity contribution in [2.45, 2.75) is 51.5 Å². The number of hydrogen-bond acceptors (Lipinski definition) is 6. The molecule has 2 aliphatic rings. The highest BCUT2D eigenvalue weighted by atomic mass is 16.4. The summed E-state index contributed by atoms with van der Waals surface area (Å²) in [7, 11) is 3.25. The Hall–Kier alpha value is -5.35. The van der Waals surface area contributed by atoms with Crippen molar-refractivity contribution in [2.24, 2.45) is 0 Å². The Labute approximate surface area is 294 Å². The largest absolute Gasteiger partial charge is 0.388 e. The van der Waals surface area contributed by atoms with Crippen molar-refractivity contribution in [2.75, 3.05) is 33.9 Å². The molecule has 0 saturated heterocycles. The lowest BCUT2D eigenvalue weighted by atomic mass is 9.97. The average Bonchev–Trinajstić information content (AvgIpc) is 3.14. The number of carbonyl (C=O) groups is 5. The molecule has 3 aromatic carbocycles. The van der Waals surface area contributed by atoms with E-state index in [9.17, 15) is 24.0 Å². The van der Waals surface area contributed by atoms with Gasteiger partial charge in [-0.05, 0) is 66.9 Å². The molecule has 1 unspecified atom stereocenters. The van der Waals surface area contributed by atoms with Crippen LogP contribution in [0.5, 0.6) is 0 Å². The quantitative estimate of drug-likeness (QED) is 0.288. The van der Waals surface area contributed by atoms with Crippen molar-refractivity contribution in [3.05, 3.63) is 119 Å². The van der Waals surface area contributed by atoms with Crippen LogP contribution in [0.25, 0.3) is 11.1 Å². The number of aryl methyl sites for hydroxylation is 3. The number of Topliss-reactive ketones (excluding diaryl/α,β-unsaturated/α-hetero) is 1. The third-order valence-corrected chi connectivity index (χ3v) is 7.79. The molecule has 4 amide bonds. The van der Waals surface area contributed by atoms with Crippen LogP contribution in [0.2, 0.25) is 0 Å². The summed E-state index contributed by atoms with van der Waals surface area (Å²) in [5.41, 5.74) is 6.30. The number of ether oxygens (including phenoxy) is 1. The number of benzene rings is 3. The highest BCUT2D eigenvalue weighted by Gasteiger charge is 2.23. The van der Waals surface area contributed by atoms with Gasteiger partial charge in [-0.15, -0.1) is 0 Å². The maximum Gasteiger partial charge on any atom is 0.289 e. The predicted octanol–water partition coefficient (Wildman–Crippen LogP) is 4.17. The molecular formula is C40H48N4O6. The van der Waals surface area contributed by atoms with Crippen molar-refractivity contribution in [3.8, 4) is 11.1 Å². The van der Waals surface area contributed by atoms with E-state index in [1.54, 1.807) is 14.2 Å². The van der Waals surface area contributed by atoms with Crippen molar-refractivity contribution in [1.82, 2.24) is 21.3 Å². The predicted molar refractivity (Wildman–Crippen MR) is 195 cm³/mol. The molecule has 0 radical (unpaired) electrons. The normalized spacial score (nSPS) is 15.7. The van der Waals surface area contributed by atoms with E-state index in [1.165, 1.54) is 5.56 Å². The molecule has 10 nitrogen and oxygen atoms in total. The smallest absolute Gasteiger partial charge is 0.289 e. The molecular weight excluding hydrogens is 632 g/mol. The second-order valence-electron chi connectivity index (χ2n) is 12.0. The van der Waals surface area contributed by atoms with E-state index in [4.69, 9.17) is 0 Å². The Morgan fingerprint density at radius 1 is 0.800 bits per heavy atom. The van der Waals surface area contributed by atoms with Crippen molar-refractivity contribution in [3.63, 3.8) is 0 Å². The van der Waals surface area contributed by atoms with Crippen LogP contribution in [-0.4, -0.2) is 69.3 Å². The molecule has 264 valence electrons. The third-order valence-electron chi connectivity index (χ3n) is 7.79. The van der Waals surface area contributed by atoms with Gasteiger partial charge in [0.1, 0.15) is 6.04 Å². The van der Waals surface area contributed by atoms with Gasteiger partial charge in [0.15, 0.2) is 0 Å². The third kappa shape index (κ3) is 14.4. The minimum atomic E-state index is -0.960. The lowest BCUT2D eigenvalue weighted by Crippen LogP contribution is -2.51. The zero-order chi connectivity index (χ0) is 36.1. The number of methoxy groups -OCH3 is 1. The molecule has 0 aromatic heterocycles. The highest BCUT2D eigenvalue weighted by molar-refractivity contribution is 6.37. The first kappa shape index (κ1) is 39.1. The number of amides is 4. The van der Waals surface area contributed by atoms with Crippen LogP contribution in [0.15, 0.2) is 103 Å². The van der Waals surface area contributed by atoms with Gasteiger partial charge in [-0.1, -0.05) is 103 Å². The summed E-state index contributed by atoms with van der Waals surface area (Å²) in [4.78, 5) is 62.5. The van der Waals surface area contributed by atoms with E-state index in [2.05, 4.69) is 51.1 Å². The lowest BCUT2D eigenvalue weighted by molar-refractivity contribution is -0.138. The van der Waals surface area contributed by atoms with Gasteiger partial charge in [-0.25, -0.2) is 0 Å². The number of rotatable bonds is 6. The standard InChI is InChI=1S/C31H34N4O5.C7H8.C2H6O/c36-27(31(40)33-18-23-6-2-1-3-7-23)19-34-30(39)26-14-12-21-8-4-10-24(16-21)25-11-5-9-22(17-25)13-15-28(37)32-20-29(38)35-26;1-7-5-3-2-4-6-7;1-3-2/h2,4-11,16-17,26H,1,3,12-15,18-20H2,(H,32,37)(H,33,40)(H,34,39)(H,35,38);2-6H,1H3;1-2H3. The molecule has 5 rings (SSSR count). The Morgan fingerprint density at radius 2 is 1.46 bits per heavy atom. The lowest BCUT2D eigenvalue weighted by Gasteiger charge is -2.19. The maximum absolute atomic E-state index is 13.0. The SMILES string of the molecule is COC.Cc1ccccc1.O=C1CCc2cccc(c2)-c2cccc(c2)CCC(C(=O)NCC(=O)C(=O)NCC2=CCCC=C2)NC(=O)CN1. The van der Waals surface area contributed by atoms with Crippen molar-refractivity contribution < 1.29 is 28.7 Å². The van der Waals surface area contributed by atoms with E-state index in [0.29, 0.717) is 12.8 Å². The van der Waals surface area contributed by atoms with E-state index in [1.807, 2.05) is 78.9 Å². The Bertz CT molecular complexity index is 1650. The summed E-state index contributed by atoms with van der Waals surface area (Å²) >= 11 is 0. The minimum absolute atomic E-state index is 0.221. The summed E-state index contributed by atoms with van der Waals surface area (Å²) < 4.78 is 4.25. The molecule has 4 bridgehead atoms. The summed E-state index contributed by atoms with van der Waals surface area (Å²) in [5, 5.41) is 10.3. The van der Waals surface area contributed by atoms with Crippen LogP contribution in [0.1, 0.15) is 42.4 Å². The van der Waals surface area contributed by atoms with Gasteiger partial charge in [0.25, 0.3) is 5.91 Å².